The number of hydrogen-bond donors (Lipinski definition) is 0. The van der Waals surface area contributed by atoms with E-state index in [1.54, 1.807) is 0 Å². The summed E-state index contributed by atoms with van der Waals surface area (Å²) in [5.74, 6) is 1.53. The first-order chi connectivity index (χ1) is 21.2. The van der Waals surface area contributed by atoms with Gasteiger partial charge in [-0.15, -0.1) is 0 Å². The van der Waals surface area contributed by atoms with E-state index in [9.17, 15) is 10.5 Å². The molecule has 198 valence electrons. The second kappa shape index (κ2) is 8.57. The fourth-order valence-corrected chi connectivity index (χ4v) is 6.50. The number of nitrogens with zero attached hydrogens (tertiary/aromatic N) is 5. The van der Waals surface area contributed by atoms with Gasteiger partial charge in [-0.2, -0.15) is 10.5 Å². The third-order valence-electron chi connectivity index (χ3n) is 8.37. The van der Waals surface area contributed by atoms with Crippen LogP contribution in [0.4, 0.5) is 0 Å². The van der Waals surface area contributed by atoms with Gasteiger partial charge in [-0.25, -0.2) is 4.98 Å². The Hall–Kier alpha value is -6.37. The van der Waals surface area contributed by atoms with Gasteiger partial charge in [-0.3, -0.25) is 9.13 Å². The Morgan fingerprint density at radius 3 is 1.74 bits per heavy atom. The van der Waals surface area contributed by atoms with Crippen LogP contribution in [-0.4, -0.2) is 14.1 Å². The number of hydrogen-bond acceptors (Lipinski definition) is 4. The molecule has 0 fully saturated rings. The van der Waals surface area contributed by atoms with Crippen LogP contribution >= 0.6 is 0 Å². The fourth-order valence-electron chi connectivity index (χ4n) is 6.50. The standard InChI is InChI=1S/C37H19N5O/c38-20-22-12-14-31-26(16-22)27-17-23(21-39)13-15-32(27)41(31)36-10-5-11-37(40-36)42-30-8-3-1-6-24(30)28-19-35-29(18-33(28)42)25-7-2-4-9-34(25)43-35/h1-19H. The van der Waals surface area contributed by atoms with Crippen molar-refractivity contribution in [3.63, 3.8) is 0 Å². The second-order valence-corrected chi connectivity index (χ2v) is 10.7. The highest BCUT2D eigenvalue weighted by Crippen LogP contribution is 2.38. The summed E-state index contributed by atoms with van der Waals surface area (Å²) in [6.07, 6.45) is 0. The van der Waals surface area contributed by atoms with Gasteiger partial charge in [0.2, 0.25) is 0 Å². The molecular formula is C37H19N5O. The molecule has 6 nitrogen and oxygen atoms in total. The number of rotatable bonds is 2. The predicted octanol–water partition coefficient (Wildman–Crippen LogP) is 8.92. The van der Waals surface area contributed by atoms with Crippen LogP contribution in [0.5, 0.6) is 0 Å². The van der Waals surface area contributed by atoms with Gasteiger partial charge in [0.15, 0.2) is 0 Å². The highest BCUT2D eigenvalue weighted by Gasteiger charge is 2.19. The topological polar surface area (TPSA) is 83.5 Å². The maximum absolute atomic E-state index is 9.59. The molecule has 0 atom stereocenters. The van der Waals surface area contributed by atoms with E-state index in [-0.39, 0.29) is 0 Å². The lowest BCUT2D eigenvalue weighted by atomic mass is 10.1. The van der Waals surface area contributed by atoms with Crippen molar-refractivity contribution in [2.45, 2.75) is 0 Å². The molecule has 9 aromatic rings. The molecule has 0 saturated heterocycles. The molecule has 0 unspecified atom stereocenters. The van der Waals surface area contributed by atoms with Crippen molar-refractivity contribution in [2.75, 3.05) is 0 Å². The summed E-state index contributed by atoms with van der Waals surface area (Å²) >= 11 is 0. The average molecular weight is 550 g/mol. The minimum absolute atomic E-state index is 0.569. The Kier molecular flexibility index (Phi) is 4.65. The van der Waals surface area contributed by atoms with E-state index in [4.69, 9.17) is 9.40 Å². The molecule has 0 amide bonds. The normalized spacial score (nSPS) is 11.7. The number of para-hydroxylation sites is 2. The molecule has 4 heterocycles. The molecule has 9 rings (SSSR count). The SMILES string of the molecule is N#Cc1ccc2c(c1)c1cc(C#N)ccc1n2-c1cccc(-n2c3ccccc3c3cc4oc5ccccc5c4cc32)n1. The summed E-state index contributed by atoms with van der Waals surface area (Å²) in [6, 6.07) is 42.7. The van der Waals surface area contributed by atoms with Gasteiger partial charge in [-0.1, -0.05) is 42.5 Å². The van der Waals surface area contributed by atoms with Crippen LogP contribution < -0.4 is 0 Å². The Morgan fingerprint density at radius 1 is 0.465 bits per heavy atom. The van der Waals surface area contributed by atoms with Gasteiger partial charge in [0, 0.05) is 32.3 Å². The monoisotopic (exact) mass is 549 g/mol. The van der Waals surface area contributed by atoms with Gasteiger partial charge >= 0.3 is 0 Å². The number of nitriles is 2. The first-order valence-corrected chi connectivity index (χ1v) is 13.9. The summed E-state index contributed by atoms with van der Waals surface area (Å²) in [7, 11) is 0. The van der Waals surface area contributed by atoms with Crippen LogP contribution in [0.3, 0.4) is 0 Å². The Morgan fingerprint density at radius 2 is 1.05 bits per heavy atom. The van der Waals surface area contributed by atoms with Gasteiger partial charge < -0.3 is 4.42 Å². The van der Waals surface area contributed by atoms with Crippen molar-refractivity contribution in [2.24, 2.45) is 0 Å². The summed E-state index contributed by atoms with van der Waals surface area (Å²) in [6.45, 7) is 0. The molecule has 0 aliphatic carbocycles. The summed E-state index contributed by atoms with van der Waals surface area (Å²) in [4.78, 5) is 5.25. The molecule has 43 heavy (non-hydrogen) atoms. The van der Waals surface area contributed by atoms with Crippen molar-refractivity contribution in [3.8, 4) is 23.8 Å². The smallest absolute Gasteiger partial charge is 0.140 e. The number of aromatic nitrogens is 3. The molecule has 0 aliphatic rings. The lowest BCUT2D eigenvalue weighted by Crippen LogP contribution is -2.03. The van der Waals surface area contributed by atoms with Crippen molar-refractivity contribution >= 4 is 65.6 Å². The number of pyridine rings is 1. The lowest BCUT2D eigenvalue weighted by Gasteiger charge is -2.11. The van der Waals surface area contributed by atoms with E-state index in [0.717, 1.165) is 77.2 Å². The molecule has 5 aromatic carbocycles. The molecule has 6 heteroatoms. The van der Waals surface area contributed by atoms with Crippen LogP contribution in [0.15, 0.2) is 120 Å². The van der Waals surface area contributed by atoms with Crippen molar-refractivity contribution in [1.82, 2.24) is 14.1 Å². The molecule has 4 aromatic heterocycles. The second-order valence-electron chi connectivity index (χ2n) is 10.7. The largest absolute Gasteiger partial charge is 0.456 e. The van der Waals surface area contributed by atoms with Gasteiger partial charge in [0.05, 0.1) is 45.3 Å². The number of furan rings is 1. The molecule has 0 aliphatic heterocycles. The molecule has 0 N–H and O–H groups in total. The maximum Gasteiger partial charge on any atom is 0.140 e. The first kappa shape index (κ1) is 23.3. The third kappa shape index (κ3) is 3.23. The highest BCUT2D eigenvalue weighted by atomic mass is 16.3. The predicted molar refractivity (Wildman–Crippen MR) is 170 cm³/mol. The minimum Gasteiger partial charge on any atom is -0.456 e. The number of fused-ring (bicyclic) bond motifs is 9. The zero-order valence-electron chi connectivity index (χ0n) is 22.6. The van der Waals surface area contributed by atoms with Crippen LogP contribution in [0.2, 0.25) is 0 Å². The maximum atomic E-state index is 9.59. The van der Waals surface area contributed by atoms with E-state index in [1.165, 1.54) is 0 Å². The highest BCUT2D eigenvalue weighted by molar-refractivity contribution is 6.17. The first-order valence-electron chi connectivity index (χ1n) is 13.9. The summed E-state index contributed by atoms with van der Waals surface area (Å²) in [5.41, 5.74) is 6.80. The summed E-state index contributed by atoms with van der Waals surface area (Å²) < 4.78 is 10.6. The Labute approximate surface area is 244 Å². The molecular weight excluding hydrogens is 530 g/mol. The third-order valence-corrected chi connectivity index (χ3v) is 8.37. The van der Waals surface area contributed by atoms with Crippen molar-refractivity contribution in [1.29, 1.82) is 10.5 Å². The number of benzene rings is 5. The molecule has 0 radical (unpaired) electrons. The van der Waals surface area contributed by atoms with Gasteiger partial charge in [-0.05, 0) is 72.8 Å². The summed E-state index contributed by atoms with van der Waals surface area (Å²) in [5, 5.41) is 25.4. The van der Waals surface area contributed by atoms with Crippen molar-refractivity contribution < 1.29 is 4.42 Å². The van der Waals surface area contributed by atoms with E-state index in [0.29, 0.717) is 11.1 Å². The van der Waals surface area contributed by atoms with E-state index < -0.39 is 0 Å². The van der Waals surface area contributed by atoms with Crippen molar-refractivity contribution in [3.05, 3.63) is 126 Å². The minimum atomic E-state index is 0.569. The van der Waals surface area contributed by atoms with Crippen LogP contribution in [0.25, 0.3) is 77.2 Å². The van der Waals surface area contributed by atoms with E-state index >= 15 is 0 Å². The van der Waals surface area contributed by atoms with E-state index in [2.05, 4.69) is 57.7 Å². The van der Waals surface area contributed by atoms with Crippen LogP contribution in [0.1, 0.15) is 11.1 Å². The fraction of sp³-hybridized carbons (Fsp3) is 0. The van der Waals surface area contributed by atoms with Gasteiger partial charge in [0.1, 0.15) is 22.8 Å². The Bertz CT molecular complexity index is 2640. The molecule has 0 spiro atoms. The average Bonchev–Trinajstić information content (AvgIpc) is 3.70. The molecule has 0 saturated carbocycles. The quantitative estimate of drug-likeness (QED) is 0.215. The van der Waals surface area contributed by atoms with E-state index in [1.807, 2.05) is 78.9 Å². The van der Waals surface area contributed by atoms with Crippen LogP contribution in [0, 0.1) is 22.7 Å². The molecule has 0 bridgehead atoms. The zero-order chi connectivity index (χ0) is 28.7. The Balaban J connectivity index is 1.35. The van der Waals surface area contributed by atoms with Crippen LogP contribution in [-0.2, 0) is 0 Å². The zero-order valence-corrected chi connectivity index (χ0v) is 22.6. The van der Waals surface area contributed by atoms with Gasteiger partial charge in [0.25, 0.3) is 0 Å². The lowest BCUT2D eigenvalue weighted by molar-refractivity contribution is 0.669.